The Morgan fingerprint density at radius 1 is 0.889 bits per heavy atom. The Labute approximate surface area is 158 Å². The van der Waals surface area contributed by atoms with Gasteiger partial charge >= 0.3 is 0 Å². The second kappa shape index (κ2) is 7.27. The van der Waals surface area contributed by atoms with Crippen LogP contribution in [0, 0.1) is 0 Å². The van der Waals surface area contributed by atoms with E-state index in [4.69, 9.17) is 0 Å². The predicted octanol–water partition coefficient (Wildman–Crippen LogP) is 4.65. The molecular weight excluding hydrogens is 338 g/mol. The van der Waals surface area contributed by atoms with Crippen LogP contribution in [0.2, 0.25) is 0 Å². The van der Waals surface area contributed by atoms with E-state index in [2.05, 4.69) is 21.7 Å². The van der Waals surface area contributed by atoms with Gasteiger partial charge < -0.3 is 15.6 Å². The highest BCUT2D eigenvalue weighted by Crippen LogP contribution is 2.30. The number of rotatable bonds is 3. The van der Waals surface area contributed by atoms with Gasteiger partial charge in [-0.3, -0.25) is 9.59 Å². The van der Waals surface area contributed by atoms with Gasteiger partial charge in [0.05, 0.1) is 11.1 Å². The molecule has 2 amide bonds. The number of nitrogens with one attached hydrogen (secondary N) is 3. The summed E-state index contributed by atoms with van der Waals surface area (Å²) in [6.45, 7) is 1.47. The molecule has 1 aliphatic rings. The van der Waals surface area contributed by atoms with E-state index in [1.807, 2.05) is 12.1 Å². The zero-order valence-electron chi connectivity index (χ0n) is 15.4. The monoisotopic (exact) mass is 361 g/mol. The summed E-state index contributed by atoms with van der Waals surface area (Å²) in [6, 6.07) is 13.0. The summed E-state index contributed by atoms with van der Waals surface area (Å²) in [6.07, 6.45) is 5.79. The fourth-order valence-corrected chi connectivity index (χ4v) is 3.83. The number of H-pyrrole nitrogens is 1. The summed E-state index contributed by atoms with van der Waals surface area (Å²) in [7, 11) is 0. The van der Waals surface area contributed by atoms with Gasteiger partial charge in [-0.25, -0.2) is 0 Å². The van der Waals surface area contributed by atoms with E-state index in [-0.39, 0.29) is 11.8 Å². The normalized spacial score (nSPS) is 13.7. The second-order valence-electron chi connectivity index (χ2n) is 7.08. The Kier molecular flexibility index (Phi) is 4.67. The third kappa shape index (κ3) is 3.58. The van der Waals surface area contributed by atoms with Crippen LogP contribution in [0.1, 0.15) is 47.8 Å². The number of anilines is 2. The average Bonchev–Trinajstić information content (AvgIpc) is 2.84. The van der Waals surface area contributed by atoms with Gasteiger partial charge in [0.25, 0.3) is 5.91 Å². The fraction of sp³-hybridized carbons (Fsp3) is 0.273. The lowest BCUT2D eigenvalue weighted by Crippen LogP contribution is -2.12. The molecule has 1 aliphatic carbocycles. The first kappa shape index (κ1) is 17.3. The Morgan fingerprint density at radius 2 is 1.59 bits per heavy atom. The first-order valence-corrected chi connectivity index (χ1v) is 9.43. The molecule has 0 aliphatic heterocycles. The van der Waals surface area contributed by atoms with Crippen molar-refractivity contribution in [3.05, 3.63) is 59.3 Å². The van der Waals surface area contributed by atoms with Crippen LogP contribution < -0.4 is 10.6 Å². The third-order valence-corrected chi connectivity index (χ3v) is 5.09. The largest absolute Gasteiger partial charge is 0.358 e. The summed E-state index contributed by atoms with van der Waals surface area (Å²) in [5.74, 6) is -0.255. The maximum atomic E-state index is 12.9. The molecule has 5 heteroatoms. The second-order valence-corrected chi connectivity index (χ2v) is 7.08. The molecule has 0 spiro atoms. The van der Waals surface area contributed by atoms with Crippen molar-refractivity contribution in [3.8, 4) is 0 Å². The molecular formula is C22H23N3O2. The van der Waals surface area contributed by atoms with E-state index < -0.39 is 0 Å². The van der Waals surface area contributed by atoms with Gasteiger partial charge in [0.15, 0.2) is 0 Å². The lowest BCUT2D eigenvalue weighted by molar-refractivity contribution is -0.114. The molecule has 0 fully saturated rings. The minimum absolute atomic E-state index is 0.120. The number of hydrogen-bond acceptors (Lipinski definition) is 2. The summed E-state index contributed by atoms with van der Waals surface area (Å²) >= 11 is 0. The first-order valence-electron chi connectivity index (χ1n) is 9.43. The number of aromatic nitrogens is 1. The van der Waals surface area contributed by atoms with Gasteiger partial charge in [0, 0.05) is 29.4 Å². The van der Waals surface area contributed by atoms with Crippen molar-refractivity contribution < 1.29 is 9.59 Å². The van der Waals surface area contributed by atoms with Crippen molar-refractivity contribution in [2.45, 2.75) is 39.0 Å². The Hall–Kier alpha value is -3.08. The molecule has 0 atom stereocenters. The van der Waals surface area contributed by atoms with Crippen LogP contribution >= 0.6 is 0 Å². The van der Waals surface area contributed by atoms with Crippen LogP contribution in [-0.2, 0) is 17.6 Å². The van der Waals surface area contributed by atoms with Crippen LogP contribution in [0.5, 0.6) is 0 Å². The SMILES string of the molecule is CC(=O)Nc1ccc(NC(=O)c2cccc3c4c([nH]c23)CCCCC4)cc1. The van der Waals surface area contributed by atoms with Crippen LogP contribution in [-0.4, -0.2) is 16.8 Å². The maximum Gasteiger partial charge on any atom is 0.257 e. The van der Waals surface area contributed by atoms with E-state index in [1.165, 1.54) is 42.8 Å². The highest BCUT2D eigenvalue weighted by Gasteiger charge is 2.18. The van der Waals surface area contributed by atoms with E-state index >= 15 is 0 Å². The standard InChI is InChI=1S/C22H23N3O2/c1-14(26)23-15-10-12-16(13-11-15)24-22(27)19-8-5-7-18-17-6-3-2-4-9-20(17)25-21(18)19/h5,7-8,10-13,25H,2-4,6,9H2,1H3,(H,23,26)(H,24,27). The van der Waals surface area contributed by atoms with E-state index in [0.29, 0.717) is 16.9 Å². The van der Waals surface area contributed by atoms with Crippen molar-refractivity contribution in [1.29, 1.82) is 0 Å². The van der Waals surface area contributed by atoms with Gasteiger partial charge in [0.2, 0.25) is 5.91 Å². The number of aromatic amines is 1. The lowest BCUT2D eigenvalue weighted by atomic mass is 10.0. The molecule has 3 N–H and O–H groups in total. The van der Waals surface area contributed by atoms with E-state index in [0.717, 1.165) is 18.4 Å². The number of aryl methyl sites for hydroxylation is 2. The predicted molar refractivity (Wildman–Crippen MR) is 108 cm³/mol. The number of para-hydroxylation sites is 1. The van der Waals surface area contributed by atoms with Gasteiger partial charge in [-0.05, 0) is 61.6 Å². The van der Waals surface area contributed by atoms with Gasteiger partial charge in [0.1, 0.15) is 0 Å². The van der Waals surface area contributed by atoms with Crippen molar-refractivity contribution in [3.63, 3.8) is 0 Å². The molecule has 1 heterocycles. The Balaban J connectivity index is 1.60. The minimum Gasteiger partial charge on any atom is -0.358 e. The Morgan fingerprint density at radius 3 is 2.33 bits per heavy atom. The number of carbonyl (C=O) groups excluding carboxylic acids is 2. The van der Waals surface area contributed by atoms with Crippen LogP contribution in [0.25, 0.3) is 10.9 Å². The third-order valence-electron chi connectivity index (χ3n) is 5.09. The van der Waals surface area contributed by atoms with Gasteiger partial charge in [-0.15, -0.1) is 0 Å². The fourth-order valence-electron chi connectivity index (χ4n) is 3.83. The average molecular weight is 361 g/mol. The molecule has 1 aromatic heterocycles. The molecule has 27 heavy (non-hydrogen) atoms. The van der Waals surface area contributed by atoms with Gasteiger partial charge in [-0.2, -0.15) is 0 Å². The highest BCUT2D eigenvalue weighted by molar-refractivity contribution is 6.12. The molecule has 0 bridgehead atoms. The number of carbonyl (C=O) groups is 2. The molecule has 138 valence electrons. The molecule has 3 aromatic rings. The molecule has 0 radical (unpaired) electrons. The molecule has 0 saturated heterocycles. The number of amides is 2. The number of benzene rings is 2. The zero-order valence-corrected chi connectivity index (χ0v) is 15.4. The zero-order chi connectivity index (χ0) is 18.8. The highest BCUT2D eigenvalue weighted by atomic mass is 16.2. The van der Waals surface area contributed by atoms with E-state index in [1.54, 1.807) is 24.3 Å². The summed E-state index contributed by atoms with van der Waals surface area (Å²) < 4.78 is 0. The van der Waals surface area contributed by atoms with Crippen molar-refractivity contribution in [1.82, 2.24) is 4.98 Å². The van der Waals surface area contributed by atoms with Crippen LogP contribution in [0.3, 0.4) is 0 Å². The van der Waals surface area contributed by atoms with Crippen molar-refractivity contribution in [2.75, 3.05) is 10.6 Å². The van der Waals surface area contributed by atoms with Crippen LogP contribution in [0.15, 0.2) is 42.5 Å². The van der Waals surface area contributed by atoms with Crippen molar-refractivity contribution in [2.24, 2.45) is 0 Å². The van der Waals surface area contributed by atoms with Crippen LogP contribution in [0.4, 0.5) is 11.4 Å². The minimum atomic E-state index is -0.135. The lowest BCUT2D eigenvalue weighted by Gasteiger charge is -2.08. The molecule has 5 nitrogen and oxygen atoms in total. The summed E-state index contributed by atoms with van der Waals surface area (Å²) in [5, 5.41) is 6.84. The Bertz CT molecular complexity index is 1000. The smallest absolute Gasteiger partial charge is 0.257 e. The number of fused-ring (bicyclic) bond motifs is 3. The van der Waals surface area contributed by atoms with Crippen molar-refractivity contribution >= 4 is 34.1 Å². The summed E-state index contributed by atoms with van der Waals surface area (Å²) in [4.78, 5) is 27.5. The topological polar surface area (TPSA) is 74.0 Å². The molecule has 4 rings (SSSR count). The van der Waals surface area contributed by atoms with Gasteiger partial charge in [-0.1, -0.05) is 18.6 Å². The van der Waals surface area contributed by atoms with E-state index in [9.17, 15) is 9.59 Å². The quantitative estimate of drug-likeness (QED) is 0.594. The first-order chi connectivity index (χ1) is 13.1. The molecule has 2 aromatic carbocycles. The molecule has 0 saturated carbocycles. The number of hydrogen-bond donors (Lipinski definition) is 3. The summed E-state index contributed by atoms with van der Waals surface area (Å²) in [5.41, 5.74) is 5.64. The maximum absolute atomic E-state index is 12.9. The molecule has 0 unspecified atom stereocenters.